The molecule has 0 saturated heterocycles. The number of nitrogens with zero attached hydrogens (tertiary/aromatic N) is 3. The third kappa shape index (κ3) is 3.91. The quantitative estimate of drug-likeness (QED) is 0.505. The van der Waals surface area contributed by atoms with Crippen LogP contribution in [0.15, 0.2) is 54.9 Å². The molecule has 0 atom stereocenters. The van der Waals surface area contributed by atoms with Crippen molar-refractivity contribution in [2.45, 2.75) is 0 Å². The van der Waals surface area contributed by atoms with E-state index in [1.165, 1.54) is 0 Å². The van der Waals surface area contributed by atoms with Crippen molar-refractivity contribution in [1.29, 1.82) is 0 Å². The molecule has 1 N–H and O–H groups in total. The van der Waals surface area contributed by atoms with Crippen molar-refractivity contribution in [3.63, 3.8) is 0 Å². The Balaban J connectivity index is 1.74. The first-order valence-electron chi connectivity index (χ1n) is 7.43. The van der Waals surface area contributed by atoms with E-state index in [1.807, 2.05) is 0 Å². The maximum atomic E-state index is 13.9. The van der Waals surface area contributed by atoms with Gasteiger partial charge in [-0.1, -0.05) is 11.6 Å². The van der Waals surface area contributed by atoms with Crippen LogP contribution >= 0.6 is 23.4 Å². The van der Waals surface area contributed by atoms with Gasteiger partial charge in [0.2, 0.25) is 0 Å². The van der Waals surface area contributed by atoms with Crippen molar-refractivity contribution >= 4 is 41.0 Å². The van der Waals surface area contributed by atoms with E-state index in [0.29, 0.717) is 5.69 Å². The van der Waals surface area contributed by atoms with E-state index in [-0.39, 0.29) is 4.42 Å². The number of urea groups is 1. The highest BCUT2D eigenvalue weighted by Crippen LogP contribution is 2.23. The molecule has 0 spiro atoms. The molecule has 6 nitrogen and oxygen atoms in total. The van der Waals surface area contributed by atoms with E-state index in [1.54, 1.807) is 47.4 Å². The number of rotatable bonds is 3. The van der Waals surface area contributed by atoms with Gasteiger partial charge >= 0.3 is 6.03 Å². The summed E-state index contributed by atoms with van der Waals surface area (Å²) in [6.07, 6.45) is 3.35. The molecular weight excluding hydrogens is 401 g/mol. The van der Waals surface area contributed by atoms with Crippen LogP contribution in [0.2, 0.25) is 5.02 Å². The maximum absolute atomic E-state index is 13.9. The van der Waals surface area contributed by atoms with Crippen LogP contribution in [0.3, 0.4) is 0 Å². The van der Waals surface area contributed by atoms with Crippen LogP contribution in [0.4, 0.5) is 19.3 Å². The van der Waals surface area contributed by atoms with Crippen molar-refractivity contribution in [2.24, 2.45) is 0 Å². The molecule has 2 aromatic carbocycles. The minimum Gasteiger partial charge on any atom is -0.306 e. The van der Waals surface area contributed by atoms with Crippen molar-refractivity contribution < 1.29 is 18.4 Å². The van der Waals surface area contributed by atoms with Gasteiger partial charge in [0, 0.05) is 29.9 Å². The number of anilines is 1. The number of aromatic nitrogens is 2. The molecule has 0 radical (unpaired) electrons. The van der Waals surface area contributed by atoms with Crippen LogP contribution in [0.1, 0.15) is 10.4 Å². The zero-order valence-corrected chi connectivity index (χ0v) is 14.9. The molecule has 10 heteroatoms. The molecule has 3 rings (SSSR count). The first-order chi connectivity index (χ1) is 12.9. The SMILES string of the molecule is O=C(Nc1ccc(-n2cccn2)cc1)N(Cl)C(=O)c1c(F)ccc(Cl)c1F. The fraction of sp³-hybridized carbons (Fsp3) is 0. The molecule has 3 amide bonds. The van der Waals surface area contributed by atoms with Crippen LogP contribution in [0, 0.1) is 11.6 Å². The van der Waals surface area contributed by atoms with Crippen LogP contribution in [-0.4, -0.2) is 26.1 Å². The number of hydrogen-bond acceptors (Lipinski definition) is 3. The summed E-state index contributed by atoms with van der Waals surface area (Å²) in [5.74, 6) is -3.88. The van der Waals surface area contributed by atoms with Gasteiger partial charge in [0.05, 0.1) is 10.7 Å². The van der Waals surface area contributed by atoms with Crippen molar-refractivity contribution in [2.75, 3.05) is 5.32 Å². The van der Waals surface area contributed by atoms with Gasteiger partial charge in [-0.3, -0.25) is 4.79 Å². The molecule has 27 heavy (non-hydrogen) atoms. The Morgan fingerprint density at radius 3 is 2.44 bits per heavy atom. The topological polar surface area (TPSA) is 67.2 Å². The minimum atomic E-state index is -1.39. The van der Waals surface area contributed by atoms with E-state index in [4.69, 9.17) is 23.4 Å². The number of amides is 3. The highest BCUT2D eigenvalue weighted by Gasteiger charge is 2.28. The van der Waals surface area contributed by atoms with Gasteiger partial charge in [-0.05, 0) is 42.5 Å². The lowest BCUT2D eigenvalue weighted by molar-refractivity contribution is 0.0884. The molecule has 0 bridgehead atoms. The predicted molar refractivity (Wildman–Crippen MR) is 96.0 cm³/mol. The normalized spacial score (nSPS) is 10.5. The Bertz CT molecular complexity index is 995. The first-order valence-corrected chi connectivity index (χ1v) is 8.15. The van der Waals surface area contributed by atoms with Crippen molar-refractivity contribution in [1.82, 2.24) is 14.2 Å². The van der Waals surface area contributed by atoms with Gasteiger partial charge in [0.1, 0.15) is 11.4 Å². The number of carbonyl (C=O) groups is 2. The van der Waals surface area contributed by atoms with Crippen LogP contribution in [0.5, 0.6) is 0 Å². The molecule has 0 unspecified atom stereocenters. The predicted octanol–water partition coefficient (Wildman–Crippen LogP) is 4.63. The number of hydrogen-bond donors (Lipinski definition) is 1. The standard InChI is InChI=1S/C17H10Cl2F2N4O2/c18-12-6-7-13(20)14(15(12)21)16(26)25(19)17(27)23-10-2-4-11(5-3-10)24-9-1-8-22-24/h1-9H,(H,23,27). The fourth-order valence-electron chi connectivity index (χ4n) is 2.21. The van der Waals surface area contributed by atoms with E-state index in [9.17, 15) is 18.4 Å². The van der Waals surface area contributed by atoms with Gasteiger partial charge in [0.25, 0.3) is 5.91 Å². The summed E-state index contributed by atoms with van der Waals surface area (Å²) in [4.78, 5) is 24.3. The molecule has 3 aromatic rings. The third-order valence-corrected chi connectivity index (χ3v) is 4.10. The Kier molecular flexibility index (Phi) is 5.38. The molecule has 1 aromatic heterocycles. The van der Waals surface area contributed by atoms with Gasteiger partial charge in [-0.15, -0.1) is 0 Å². The molecule has 0 aliphatic heterocycles. The first kappa shape index (κ1) is 18.8. The zero-order valence-electron chi connectivity index (χ0n) is 13.4. The summed E-state index contributed by atoms with van der Waals surface area (Å²) in [7, 11) is 0. The van der Waals surface area contributed by atoms with Crippen LogP contribution in [0.25, 0.3) is 5.69 Å². The van der Waals surface area contributed by atoms with E-state index >= 15 is 0 Å². The summed E-state index contributed by atoms with van der Waals surface area (Å²) in [5.41, 5.74) is 0.0166. The number of carbonyl (C=O) groups excluding carboxylic acids is 2. The monoisotopic (exact) mass is 410 g/mol. The van der Waals surface area contributed by atoms with E-state index in [2.05, 4.69) is 10.4 Å². The molecular formula is C17H10Cl2F2N4O2. The Morgan fingerprint density at radius 1 is 1.11 bits per heavy atom. The van der Waals surface area contributed by atoms with Gasteiger partial charge in [-0.25, -0.2) is 18.3 Å². The Morgan fingerprint density at radius 2 is 1.81 bits per heavy atom. The van der Waals surface area contributed by atoms with Crippen LogP contribution < -0.4 is 5.32 Å². The fourth-order valence-corrected chi connectivity index (χ4v) is 2.49. The second-order valence-corrected chi connectivity index (χ2v) is 5.98. The van der Waals surface area contributed by atoms with Crippen molar-refractivity contribution in [3.05, 3.63) is 77.1 Å². The zero-order chi connectivity index (χ0) is 19.6. The van der Waals surface area contributed by atoms with Gasteiger partial charge < -0.3 is 5.32 Å². The number of imide groups is 1. The molecule has 0 aliphatic carbocycles. The largest absolute Gasteiger partial charge is 0.343 e. The average Bonchev–Trinajstić information content (AvgIpc) is 3.19. The maximum Gasteiger partial charge on any atom is 0.343 e. The molecule has 0 fully saturated rings. The minimum absolute atomic E-state index is 0.0409. The van der Waals surface area contributed by atoms with Crippen molar-refractivity contribution in [3.8, 4) is 5.69 Å². The molecule has 138 valence electrons. The van der Waals surface area contributed by atoms with Gasteiger partial charge in [-0.2, -0.15) is 9.52 Å². The highest BCUT2D eigenvalue weighted by molar-refractivity contribution is 6.34. The summed E-state index contributed by atoms with van der Waals surface area (Å²) in [6, 6.07) is 8.83. The Labute approximate surface area is 162 Å². The average molecular weight is 411 g/mol. The summed E-state index contributed by atoms with van der Waals surface area (Å²) in [5, 5.41) is 5.93. The molecule has 1 heterocycles. The smallest absolute Gasteiger partial charge is 0.306 e. The van der Waals surface area contributed by atoms with E-state index < -0.39 is 34.2 Å². The van der Waals surface area contributed by atoms with Crippen LogP contribution in [-0.2, 0) is 0 Å². The number of benzene rings is 2. The molecule has 0 aliphatic rings. The lowest BCUT2D eigenvalue weighted by atomic mass is 10.2. The highest BCUT2D eigenvalue weighted by atomic mass is 35.5. The number of halogens is 4. The molecule has 0 saturated carbocycles. The second-order valence-electron chi connectivity index (χ2n) is 5.23. The third-order valence-electron chi connectivity index (χ3n) is 3.50. The Hall–Kier alpha value is -2.97. The van der Waals surface area contributed by atoms with Gasteiger partial charge in [0.15, 0.2) is 5.82 Å². The summed E-state index contributed by atoms with van der Waals surface area (Å²) in [6.45, 7) is 0. The summed E-state index contributed by atoms with van der Waals surface area (Å²) >= 11 is 11.2. The lowest BCUT2D eigenvalue weighted by Crippen LogP contribution is -2.33. The number of nitrogens with one attached hydrogen (secondary N) is 1. The van der Waals surface area contributed by atoms with E-state index in [0.717, 1.165) is 17.8 Å². The lowest BCUT2D eigenvalue weighted by Gasteiger charge is -2.15. The second kappa shape index (κ2) is 7.73. The summed E-state index contributed by atoms with van der Waals surface area (Å²) < 4.78 is 29.3.